The number of methoxy groups -OCH3 is 1. The third-order valence-electron chi connectivity index (χ3n) is 5.67. The van der Waals surface area contributed by atoms with Gasteiger partial charge in [0.25, 0.3) is 0 Å². The van der Waals surface area contributed by atoms with E-state index in [4.69, 9.17) is 9.47 Å². The number of amides is 2. The van der Waals surface area contributed by atoms with E-state index in [0.29, 0.717) is 31.2 Å². The number of likely N-dealkylation sites (tertiary alicyclic amines) is 1. The average Bonchev–Trinajstić information content (AvgIpc) is 2.93. The summed E-state index contributed by atoms with van der Waals surface area (Å²) in [4.78, 5) is 25.4. The molecule has 2 fully saturated rings. The van der Waals surface area contributed by atoms with Crippen LogP contribution in [0, 0.1) is 5.92 Å². The molecule has 0 N–H and O–H groups in total. The Bertz CT molecular complexity index is 636. The topological polar surface area (TPSA) is 55.8 Å². The van der Waals surface area contributed by atoms with Gasteiger partial charge in [0.15, 0.2) is 0 Å². The van der Waals surface area contributed by atoms with Crippen LogP contribution in [0.2, 0.25) is 0 Å². The highest BCUT2D eigenvalue weighted by molar-refractivity contribution is 6.01. The number of carbonyl (C=O) groups excluding carboxylic acids is 2. The minimum Gasteiger partial charge on any atom is -0.497 e. The second-order valence-corrected chi connectivity index (χ2v) is 7.97. The molecule has 5 heteroatoms. The first-order valence-electron chi connectivity index (χ1n) is 9.51. The molecule has 1 aromatic rings. The van der Waals surface area contributed by atoms with Gasteiger partial charge in [0.2, 0.25) is 11.8 Å². The number of hydrogen-bond acceptors (Lipinski definition) is 4. The van der Waals surface area contributed by atoms with Gasteiger partial charge < -0.3 is 9.47 Å². The van der Waals surface area contributed by atoms with Gasteiger partial charge in [-0.3, -0.25) is 14.5 Å². The molecule has 3 rings (SSSR count). The van der Waals surface area contributed by atoms with Crippen molar-refractivity contribution in [3.63, 3.8) is 0 Å². The molecule has 5 nitrogen and oxygen atoms in total. The van der Waals surface area contributed by atoms with Crippen LogP contribution < -0.4 is 4.74 Å². The summed E-state index contributed by atoms with van der Waals surface area (Å²) in [7, 11) is 1.66. The number of hydrogen-bond donors (Lipinski definition) is 0. The summed E-state index contributed by atoms with van der Waals surface area (Å²) in [6, 6.07) is 8.19. The van der Waals surface area contributed by atoms with Crippen molar-refractivity contribution in [1.82, 2.24) is 4.90 Å². The Labute approximate surface area is 155 Å². The number of nitrogens with zero attached hydrogens (tertiary/aromatic N) is 1. The lowest BCUT2D eigenvalue weighted by atomic mass is 9.75. The smallest absolute Gasteiger partial charge is 0.229 e. The molecule has 0 saturated carbocycles. The van der Waals surface area contributed by atoms with Crippen LogP contribution in [0.3, 0.4) is 0 Å². The third-order valence-corrected chi connectivity index (χ3v) is 5.67. The molecule has 0 spiro atoms. The predicted molar refractivity (Wildman–Crippen MR) is 99.1 cm³/mol. The van der Waals surface area contributed by atoms with E-state index in [1.807, 2.05) is 12.1 Å². The van der Waals surface area contributed by atoms with Crippen LogP contribution in [0.1, 0.15) is 57.4 Å². The van der Waals surface area contributed by atoms with E-state index >= 15 is 0 Å². The second-order valence-electron chi connectivity index (χ2n) is 7.97. The van der Waals surface area contributed by atoms with E-state index in [1.165, 1.54) is 10.5 Å². The Morgan fingerprint density at radius 1 is 1.19 bits per heavy atom. The molecule has 0 radical (unpaired) electrons. The van der Waals surface area contributed by atoms with Crippen LogP contribution in [0.25, 0.3) is 0 Å². The van der Waals surface area contributed by atoms with E-state index in [0.717, 1.165) is 31.6 Å². The second kappa shape index (κ2) is 7.78. The van der Waals surface area contributed by atoms with Gasteiger partial charge in [-0.15, -0.1) is 0 Å². The summed E-state index contributed by atoms with van der Waals surface area (Å²) < 4.78 is 11.2. The first kappa shape index (κ1) is 18.9. The fourth-order valence-corrected chi connectivity index (χ4v) is 4.29. The quantitative estimate of drug-likeness (QED) is 0.729. The van der Waals surface area contributed by atoms with Gasteiger partial charge in [-0.25, -0.2) is 0 Å². The number of benzene rings is 1. The number of imide groups is 1. The molecule has 26 heavy (non-hydrogen) atoms. The maximum Gasteiger partial charge on any atom is 0.229 e. The zero-order valence-electron chi connectivity index (χ0n) is 16.0. The molecule has 2 saturated heterocycles. The van der Waals surface area contributed by atoms with Crippen LogP contribution in [0.5, 0.6) is 5.75 Å². The van der Waals surface area contributed by atoms with Crippen LogP contribution in [-0.2, 0) is 14.3 Å². The molecule has 2 heterocycles. The Kier molecular flexibility index (Phi) is 5.66. The van der Waals surface area contributed by atoms with Crippen molar-refractivity contribution < 1.29 is 19.1 Å². The number of ether oxygens (including phenoxy) is 2. The Hall–Kier alpha value is -1.88. The summed E-state index contributed by atoms with van der Waals surface area (Å²) in [5, 5.41) is 0. The molecule has 0 unspecified atom stereocenters. The van der Waals surface area contributed by atoms with Crippen molar-refractivity contribution in [1.29, 1.82) is 0 Å². The Morgan fingerprint density at radius 2 is 1.85 bits per heavy atom. The first-order valence-corrected chi connectivity index (χ1v) is 9.51. The van der Waals surface area contributed by atoms with Gasteiger partial charge in [-0.05, 0) is 62.6 Å². The van der Waals surface area contributed by atoms with Crippen molar-refractivity contribution >= 4 is 11.8 Å². The molecule has 2 amide bonds. The van der Waals surface area contributed by atoms with E-state index in [2.05, 4.69) is 26.0 Å². The zero-order chi connectivity index (χ0) is 18.7. The van der Waals surface area contributed by atoms with Crippen molar-refractivity contribution in [3.8, 4) is 5.75 Å². The normalized spacial score (nSPS) is 24.0. The largest absolute Gasteiger partial charge is 0.497 e. The van der Waals surface area contributed by atoms with E-state index in [-0.39, 0.29) is 17.4 Å². The van der Waals surface area contributed by atoms with Gasteiger partial charge in [0, 0.05) is 26.0 Å². The molecule has 1 aromatic carbocycles. The summed E-state index contributed by atoms with van der Waals surface area (Å²) in [6.45, 7) is 5.54. The highest BCUT2D eigenvalue weighted by Gasteiger charge is 2.35. The number of rotatable bonds is 6. The van der Waals surface area contributed by atoms with Crippen molar-refractivity contribution in [3.05, 3.63) is 29.8 Å². The van der Waals surface area contributed by atoms with E-state index in [1.54, 1.807) is 7.11 Å². The predicted octanol–water partition coefficient (Wildman–Crippen LogP) is 3.52. The monoisotopic (exact) mass is 359 g/mol. The third kappa shape index (κ3) is 4.26. The first-order chi connectivity index (χ1) is 12.4. The fourth-order valence-electron chi connectivity index (χ4n) is 4.29. The van der Waals surface area contributed by atoms with Crippen LogP contribution in [0.4, 0.5) is 0 Å². The van der Waals surface area contributed by atoms with E-state index < -0.39 is 0 Å². The lowest BCUT2D eigenvalue weighted by Gasteiger charge is -2.40. The van der Waals surface area contributed by atoms with Crippen LogP contribution in [0.15, 0.2) is 24.3 Å². The molecule has 2 aliphatic rings. The minimum atomic E-state index is -0.132. The molecule has 0 aromatic heterocycles. The molecular formula is C21H29NO4. The van der Waals surface area contributed by atoms with Crippen LogP contribution >= 0.6 is 0 Å². The van der Waals surface area contributed by atoms with Gasteiger partial charge in [-0.1, -0.05) is 12.1 Å². The molecule has 2 atom stereocenters. The van der Waals surface area contributed by atoms with Crippen LogP contribution in [-0.4, -0.2) is 42.6 Å². The molecule has 0 aliphatic carbocycles. The fraction of sp³-hybridized carbons (Fsp3) is 0.619. The standard InChI is InChI=1S/C21H29NO4/c1-21(2)14-16(11-13-26-21)18(15-4-6-17(25-3)7-5-15)10-12-22-19(23)8-9-20(22)24/h4-7,16,18H,8-14H2,1-3H3/t16-,18-/m1/s1. The molecular weight excluding hydrogens is 330 g/mol. The highest BCUT2D eigenvalue weighted by atomic mass is 16.5. The van der Waals surface area contributed by atoms with E-state index in [9.17, 15) is 9.59 Å². The summed E-state index contributed by atoms with van der Waals surface area (Å²) >= 11 is 0. The maximum absolute atomic E-state index is 12.0. The van der Waals surface area contributed by atoms with Crippen molar-refractivity contribution in [2.24, 2.45) is 5.92 Å². The maximum atomic E-state index is 12.0. The Morgan fingerprint density at radius 3 is 2.42 bits per heavy atom. The van der Waals surface area contributed by atoms with Crippen molar-refractivity contribution in [2.75, 3.05) is 20.3 Å². The molecule has 2 aliphatic heterocycles. The lowest BCUT2D eigenvalue weighted by Crippen LogP contribution is -2.37. The van der Waals surface area contributed by atoms with Gasteiger partial charge >= 0.3 is 0 Å². The lowest BCUT2D eigenvalue weighted by molar-refractivity contribution is -0.138. The highest BCUT2D eigenvalue weighted by Crippen LogP contribution is 2.40. The summed E-state index contributed by atoms with van der Waals surface area (Å²) in [6.07, 6.45) is 3.49. The summed E-state index contributed by atoms with van der Waals surface area (Å²) in [5.74, 6) is 1.54. The average molecular weight is 359 g/mol. The Balaban J connectivity index is 1.78. The van der Waals surface area contributed by atoms with Gasteiger partial charge in [0.1, 0.15) is 5.75 Å². The molecule has 142 valence electrons. The zero-order valence-corrected chi connectivity index (χ0v) is 16.0. The van der Waals surface area contributed by atoms with Crippen molar-refractivity contribution in [2.45, 2.75) is 57.5 Å². The molecule has 0 bridgehead atoms. The van der Waals surface area contributed by atoms with Gasteiger partial charge in [0.05, 0.1) is 12.7 Å². The minimum absolute atomic E-state index is 0.0317. The SMILES string of the molecule is COc1ccc([C@@H](CCN2C(=O)CCC2=O)[C@@H]2CCOC(C)(C)C2)cc1. The number of carbonyl (C=O) groups is 2. The van der Waals surface area contributed by atoms with Gasteiger partial charge in [-0.2, -0.15) is 0 Å². The summed E-state index contributed by atoms with van der Waals surface area (Å²) in [5.41, 5.74) is 1.11.